The molecule has 0 unspecified atom stereocenters. The molecular formula is C16H25N3O2. The molecule has 5 heteroatoms. The molecule has 0 saturated carbocycles. The van der Waals surface area contributed by atoms with Crippen molar-refractivity contribution < 1.29 is 9.90 Å². The number of nitrogens with zero attached hydrogens (tertiary/aromatic N) is 2. The van der Waals surface area contributed by atoms with Crippen molar-refractivity contribution in [1.82, 2.24) is 15.1 Å². The number of urea groups is 1. The lowest BCUT2D eigenvalue weighted by Crippen LogP contribution is -2.38. The molecule has 1 fully saturated rings. The van der Waals surface area contributed by atoms with Gasteiger partial charge in [0.1, 0.15) is 0 Å². The molecule has 1 heterocycles. The van der Waals surface area contributed by atoms with Gasteiger partial charge in [-0.25, -0.2) is 4.79 Å². The number of hydrogen-bond acceptors (Lipinski definition) is 3. The lowest BCUT2D eigenvalue weighted by atomic mass is 10.1. The monoisotopic (exact) mass is 291 g/mol. The third kappa shape index (κ3) is 4.72. The van der Waals surface area contributed by atoms with Crippen LogP contribution in [0.4, 0.5) is 4.79 Å². The van der Waals surface area contributed by atoms with E-state index in [4.69, 9.17) is 5.11 Å². The van der Waals surface area contributed by atoms with Gasteiger partial charge < -0.3 is 20.2 Å². The Morgan fingerprint density at radius 1 is 1.43 bits per heavy atom. The second kappa shape index (κ2) is 7.43. The van der Waals surface area contributed by atoms with E-state index >= 15 is 0 Å². The highest BCUT2D eigenvalue weighted by Gasteiger charge is 2.26. The van der Waals surface area contributed by atoms with Gasteiger partial charge in [0.15, 0.2) is 0 Å². The van der Waals surface area contributed by atoms with Crippen molar-refractivity contribution in [2.45, 2.75) is 19.6 Å². The highest BCUT2D eigenvalue weighted by Crippen LogP contribution is 2.16. The zero-order valence-corrected chi connectivity index (χ0v) is 12.9. The Kier molecular flexibility index (Phi) is 5.59. The Morgan fingerprint density at radius 2 is 2.19 bits per heavy atom. The number of likely N-dealkylation sites (tertiary alicyclic amines) is 1. The number of aliphatic hydroxyl groups excluding tert-OH is 1. The zero-order valence-electron chi connectivity index (χ0n) is 12.9. The van der Waals surface area contributed by atoms with E-state index in [1.165, 1.54) is 0 Å². The molecule has 116 valence electrons. The molecule has 2 amide bonds. The van der Waals surface area contributed by atoms with Crippen LogP contribution in [0.2, 0.25) is 0 Å². The molecule has 0 spiro atoms. The fourth-order valence-electron chi connectivity index (χ4n) is 2.81. The summed E-state index contributed by atoms with van der Waals surface area (Å²) in [6, 6.07) is 7.65. The number of carbonyl (C=O) groups excluding carboxylic acids is 1. The molecule has 2 rings (SSSR count). The van der Waals surface area contributed by atoms with E-state index in [9.17, 15) is 4.79 Å². The van der Waals surface area contributed by atoms with Crippen LogP contribution in [0.5, 0.6) is 0 Å². The molecule has 1 aromatic carbocycles. The third-order valence-electron chi connectivity index (χ3n) is 3.81. The Balaban J connectivity index is 1.79. The Hall–Kier alpha value is -1.59. The second-order valence-corrected chi connectivity index (χ2v) is 6.00. The molecule has 1 aliphatic heterocycles. The molecule has 0 bridgehead atoms. The molecule has 0 aliphatic carbocycles. The molecule has 0 radical (unpaired) electrons. The predicted molar refractivity (Wildman–Crippen MR) is 82.8 cm³/mol. The van der Waals surface area contributed by atoms with E-state index in [0.717, 1.165) is 37.2 Å². The normalized spacial score (nSPS) is 18.3. The van der Waals surface area contributed by atoms with Crippen molar-refractivity contribution >= 4 is 6.03 Å². The number of carbonyl (C=O) groups is 1. The highest BCUT2D eigenvalue weighted by atomic mass is 16.3. The summed E-state index contributed by atoms with van der Waals surface area (Å²) in [6.45, 7) is 3.23. The fraction of sp³-hybridized carbons (Fsp3) is 0.562. The molecule has 0 aromatic heterocycles. The summed E-state index contributed by atoms with van der Waals surface area (Å²) < 4.78 is 0. The summed E-state index contributed by atoms with van der Waals surface area (Å²) >= 11 is 0. The van der Waals surface area contributed by atoms with Gasteiger partial charge in [-0.3, -0.25) is 0 Å². The minimum absolute atomic E-state index is 0.00524. The van der Waals surface area contributed by atoms with E-state index in [2.05, 4.69) is 24.3 Å². The molecule has 1 aromatic rings. The standard InChI is InChI=1S/C16H25N3O2/c1-18(2)10-15-6-7-19(11-15)16(21)17-9-13-4-3-5-14(8-13)12-20/h3-5,8,15,20H,6-7,9-12H2,1-2H3,(H,17,21)/t15-/m0/s1. The number of aliphatic hydroxyl groups is 1. The van der Waals surface area contributed by atoms with Crippen LogP contribution >= 0.6 is 0 Å². The van der Waals surface area contributed by atoms with Gasteiger partial charge in [0, 0.05) is 26.2 Å². The predicted octanol–water partition coefficient (Wildman–Crippen LogP) is 1.27. The summed E-state index contributed by atoms with van der Waals surface area (Å²) in [5, 5.41) is 12.1. The minimum atomic E-state index is 0.00524. The number of hydrogen-bond donors (Lipinski definition) is 2. The van der Waals surface area contributed by atoms with Crippen molar-refractivity contribution in [3.05, 3.63) is 35.4 Å². The summed E-state index contributed by atoms with van der Waals surface area (Å²) in [5.41, 5.74) is 1.88. The van der Waals surface area contributed by atoms with Gasteiger partial charge in [-0.15, -0.1) is 0 Å². The van der Waals surface area contributed by atoms with Gasteiger partial charge >= 0.3 is 6.03 Å². The maximum absolute atomic E-state index is 12.2. The smallest absolute Gasteiger partial charge is 0.317 e. The minimum Gasteiger partial charge on any atom is -0.392 e. The molecular weight excluding hydrogens is 266 g/mol. The largest absolute Gasteiger partial charge is 0.392 e. The summed E-state index contributed by atoms with van der Waals surface area (Å²) in [5.74, 6) is 0.573. The Labute approximate surface area is 126 Å². The molecule has 1 saturated heterocycles. The molecule has 1 aliphatic rings. The topological polar surface area (TPSA) is 55.8 Å². The van der Waals surface area contributed by atoms with Gasteiger partial charge in [0.2, 0.25) is 0 Å². The van der Waals surface area contributed by atoms with Gasteiger partial charge in [-0.1, -0.05) is 24.3 Å². The lowest BCUT2D eigenvalue weighted by Gasteiger charge is -2.19. The lowest BCUT2D eigenvalue weighted by molar-refractivity contribution is 0.205. The van der Waals surface area contributed by atoms with Gasteiger partial charge in [0.05, 0.1) is 6.61 Å². The number of nitrogens with one attached hydrogen (secondary N) is 1. The van der Waals surface area contributed by atoms with Gasteiger partial charge in [0.25, 0.3) is 0 Å². The van der Waals surface area contributed by atoms with Crippen LogP contribution in [0, 0.1) is 5.92 Å². The third-order valence-corrected chi connectivity index (χ3v) is 3.81. The maximum atomic E-state index is 12.2. The van der Waals surface area contributed by atoms with Crippen LogP contribution in [-0.4, -0.2) is 54.7 Å². The second-order valence-electron chi connectivity index (χ2n) is 6.00. The number of amides is 2. The fourth-order valence-corrected chi connectivity index (χ4v) is 2.81. The zero-order chi connectivity index (χ0) is 15.2. The number of rotatable bonds is 5. The van der Waals surface area contributed by atoms with E-state index in [1.54, 1.807) is 0 Å². The first-order valence-electron chi connectivity index (χ1n) is 7.44. The van der Waals surface area contributed by atoms with Crippen molar-refractivity contribution in [1.29, 1.82) is 0 Å². The van der Waals surface area contributed by atoms with Crippen LogP contribution < -0.4 is 5.32 Å². The summed E-state index contributed by atoms with van der Waals surface area (Å²) in [6.07, 6.45) is 1.07. The summed E-state index contributed by atoms with van der Waals surface area (Å²) in [7, 11) is 4.13. The number of benzene rings is 1. The first-order chi connectivity index (χ1) is 10.1. The van der Waals surface area contributed by atoms with Crippen molar-refractivity contribution in [2.24, 2.45) is 5.92 Å². The van der Waals surface area contributed by atoms with Gasteiger partial charge in [-0.2, -0.15) is 0 Å². The molecule has 1 atom stereocenters. The van der Waals surface area contributed by atoms with Crippen molar-refractivity contribution in [3.8, 4) is 0 Å². The van der Waals surface area contributed by atoms with Crippen LogP contribution in [0.15, 0.2) is 24.3 Å². The molecule has 2 N–H and O–H groups in total. The SMILES string of the molecule is CN(C)C[C@@H]1CCN(C(=O)NCc2cccc(CO)c2)C1. The Morgan fingerprint density at radius 3 is 2.90 bits per heavy atom. The van der Waals surface area contributed by atoms with E-state index in [1.807, 2.05) is 29.2 Å². The van der Waals surface area contributed by atoms with E-state index < -0.39 is 0 Å². The average molecular weight is 291 g/mol. The van der Waals surface area contributed by atoms with Gasteiger partial charge in [-0.05, 0) is 37.6 Å². The van der Waals surface area contributed by atoms with Crippen molar-refractivity contribution in [2.75, 3.05) is 33.7 Å². The average Bonchev–Trinajstić information content (AvgIpc) is 2.92. The quantitative estimate of drug-likeness (QED) is 0.859. The first kappa shape index (κ1) is 15.8. The first-order valence-corrected chi connectivity index (χ1v) is 7.44. The highest BCUT2D eigenvalue weighted by molar-refractivity contribution is 5.74. The van der Waals surface area contributed by atoms with Crippen LogP contribution in [0.25, 0.3) is 0 Å². The van der Waals surface area contributed by atoms with E-state index in [-0.39, 0.29) is 12.6 Å². The maximum Gasteiger partial charge on any atom is 0.317 e. The summed E-state index contributed by atoms with van der Waals surface area (Å²) in [4.78, 5) is 16.2. The Bertz CT molecular complexity index is 476. The van der Waals surface area contributed by atoms with Crippen LogP contribution in [0.3, 0.4) is 0 Å². The van der Waals surface area contributed by atoms with Crippen molar-refractivity contribution in [3.63, 3.8) is 0 Å². The van der Waals surface area contributed by atoms with E-state index in [0.29, 0.717) is 12.5 Å². The molecule has 21 heavy (non-hydrogen) atoms. The van der Waals surface area contributed by atoms with Crippen LogP contribution in [-0.2, 0) is 13.2 Å². The molecule has 5 nitrogen and oxygen atoms in total. The van der Waals surface area contributed by atoms with Crippen LogP contribution in [0.1, 0.15) is 17.5 Å².